The maximum atomic E-state index is 13.2. The molecule has 2 heterocycles. The summed E-state index contributed by atoms with van der Waals surface area (Å²) in [5.41, 5.74) is 2.50. The molecule has 0 spiro atoms. The van der Waals surface area contributed by atoms with E-state index in [4.69, 9.17) is 0 Å². The van der Waals surface area contributed by atoms with E-state index in [0.717, 1.165) is 28.8 Å². The van der Waals surface area contributed by atoms with Crippen molar-refractivity contribution in [1.82, 2.24) is 8.96 Å². The lowest BCUT2D eigenvalue weighted by Gasteiger charge is -2.07. The molecule has 4 rings (SSSR count). The van der Waals surface area contributed by atoms with E-state index >= 15 is 0 Å². The molecule has 0 fully saturated rings. The average molecular weight is 380 g/mol. The lowest BCUT2D eigenvalue weighted by molar-refractivity contribution is 0.588. The maximum absolute atomic E-state index is 13.2. The second-order valence-electron chi connectivity index (χ2n) is 6.25. The molecule has 2 aromatic carbocycles. The Hall–Kier alpha value is -2.99. The van der Waals surface area contributed by atoms with Crippen LogP contribution >= 0.6 is 0 Å². The van der Waals surface area contributed by atoms with Crippen LogP contribution in [-0.4, -0.2) is 17.4 Å². The monoisotopic (exact) mass is 380 g/mol. The first kappa shape index (κ1) is 17.4. The topological polar surface area (TPSA) is 52.0 Å². The van der Waals surface area contributed by atoms with Crippen LogP contribution in [0.1, 0.15) is 11.3 Å². The van der Waals surface area contributed by atoms with Crippen molar-refractivity contribution in [2.24, 2.45) is 0 Å². The zero-order valence-corrected chi connectivity index (χ0v) is 15.2. The minimum atomic E-state index is -3.81. The van der Waals surface area contributed by atoms with E-state index in [1.165, 1.54) is 16.1 Å². The van der Waals surface area contributed by atoms with Crippen molar-refractivity contribution in [2.45, 2.75) is 17.7 Å². The minimum absolute atomic E-state index is 0.0564. The number of hydrogen-bond acceptors (Lipinski definition) is 3. The summed E-state index contributed by atoms with van der Waals surface area (Å²) in [6, 6.07) is 18.0. The molecule has 4 nitrogen and oxygen atoms in total. The van der Waals surface area contributed by atoms with Gasteiger partial charge in [0, 0.05) is 23.5 Å². The van der Waals surface area contributed by atoms with Crippen LogP contribution in [0, 0.1) is 5.82 Å². The van der Waals surface area contributed by atoms with Crippen molar-refractivity contribution >= 4 is 20.9 Å². The highest BCUT2D eigenvalue weighted by atomic mass is 32.2. The van der Waals surface area contributed by atoms with Crippen LogP contribution in [-0.2, 0) is 22.9 Å². The lowest BCUT2D eigenvalue weighted by Crippen LogP contribution is -2.11. The van der Waals surface area contributed by atoms with Gasteiger partial charge in [-0.05, 0) is 60.9 Å². The Morgan fingerprint density at radius 2 is 1.63 bits per heavy atom. The van der Waals surface area contributed by atoms with Gasteiger partial charge in [0.2, 0.25) is 0 Å². The van der Waals surface area contributed by atoms with Gasteiger partial charge in [-0.15, -0.1) is 0 Å². The van der Waals surface area contributed by atoms with E-state index in [-0.39, 0.29) is 4.90 Å². The van der Waals surface area contributed by atoms with Gasteiger partial charge >= 0.3 is 0 Å². The van der Waals surface area contributed by atoms with Gasteiger partial charge in [0.25, 0.3) is 10.0 Å². The lowest BCUT2D eigenvalue weighted by atomic mass is 10.1. The molecule has 0 amide bonds. The Balaban J connectivity index is 1.76. The van der Waals surface area contributed by atoms with Crippen LogP contribution in [0.3, 0.4) is 0 Å². The number of halogens is 1. The standard InChI is InChI=1S/C21H17FN2O2S/c22-17-9-12-19(13-10-17)27(25,26)24-15-16(20-6-1-2-7-21(20)24)8-11-18-5-3-4-14-23-18/h1-7,9-10,12-15H,8,11H2. The van der Waals surface area contributed by atoms with Crippen molar-refractivity contribution in [3.63, 3.8) is 0 Å². The minimum Gasteiger partial charge on any atom is -0.261 e. The molecule has 0 aliphatic heterocycles. The number of nitrogens with zero attached hydrogens (tertiary/aromatic N) is 2. The Bertz CT molecular complexity index is 1180. The van der Waals surface area contributed by atoms with Gasteiger partial charge in [0.05, 0.1) is 10.4 Å². The van der Waals surface area contributed by atoms with E-state index in [1.807, 2.05) is 36.4 Å². The van der Waals surface area contributed by atoms with Gasteiger partial charge < -0.3 is 0 Å². The second kappa shape index (κ2) is 6.96. The molecular weight excluding hydrogens is 363 g/mol. The molecular formula is C21H17FN2O2S. The van der Waals surface area contributed by atoms with Crippen LogP contribution < -0.4 is 0 Å². The molecule has 0 unspecified atom stereocenters. The van der Waals surface area contributed by atoms with E-state index < -0.39 is 15.8 Å². The van der Waals surface area contributed by atoms with Gasteiger partial charge in [-0.3, -0.25) is 4.98 Å². The number of aromatic nitrogens is 2. The summed E-state index contributed by atoms with van der Waals surface area (Å²) >= 11 is 0. The summed E-state index contributed by atoms with van der Waals surface area (Å²) in [5.74, 6) is -0.470. The summed E-state index contributed by atoms with van der Waals surface area (Å²) in [6.07, 6.45) is 4.79. The summed E-state index contributed by atoms with van der Waals surface area (Å²) in [4.78, 5) is 4.38. The van der Waals surface area contributed by atoms with Gasteiger partial charge in [0.15, 0.2) is 0 Å². The number of rotatable bonds is 5. The Morgan fingerprint density at radius 1 is 0.889 bits per heavy atom. The maximum Gasteiger partial charge on any atom is 0.268 e. The summed E-state index contributed by atoms with van der Waals surface area (Å²) in [7, 11) is -3.81. The fraction of sp³-hybridized carbons (Fsp3) is 0.0952. The Morgan fingerprint density at radius 3 is 2.37 bits per heavy atom. The van der Waals surface area contributed by atoms with Crippen LogP contribution in [0.25, 0.3) is 10.9 Å². The first-order valence-corrected chi connectivity index (χ1v) is 10.00. The molecule has 0 bridgehead atoms. The van der Waals surface area contributed by atoms with Gasteiger partial charge in [-0.25, -0.2) is 16.8 Å². The first-order valence-electron chi connectivity index (χ1n) is 8.56. The predicted molar refractivity (Wildman–Crippen MR) is 103 cm³/mol. The predicted octanol–water partition coefficient (Wildman–Crippen LogP) is 4.20. The molecule has 0 N–H and O–H groups in total. The number of fused-ring (bicyclic) bond motifs is 1. The Labute approximate surface area is 157 Å². The normalized spacial score (nSPS) is 11.7. The average Bonchev–Trinajstić information content (AvgIpc) is 3.07. The van der Waals surface area contributed by atoms with Gasteiger partial charge in [0.1, 0.15) is 5.82 Å². The smallest absolute Gasteiger partial charge is 0.261 e. The third-order valence-electron chi connectivity index (χ3n) is 4.51. The molecule has 0 aliphatic carbocycles. The highest BCUT2D eigenvalue weighted by Crippen LogP contribution is 2.27. The molecule has 0 saturated carbocycles. The SMILES string of the molecule is O=S(=O)(c1ccc(F)cc1)n1cc(CCc2ccccn2)c2ccccc21. The van der Waals surface area contributed by atoms with Crippen molar-refractivity contribution in [2.75, 3.05) is 0 Å². The highest BCUT2D eigenvalue weighted by molar-refractivity contribution is 7.90. The highest BCUT2D eigenvalue weighted by Gasteiger charge is 2.21. The summed E-state index contributed by atoms with van der Waals surface area (Å²) < 4.78 is 40.6. The zero-order chi connectivity index (χ0) is 18.9. The second-order valence-corrected chi connectivity index (χ2v) is 8.06. The molecule has 4 aromatic rings. The van der Waals surface area contributed by atoms with Crippen molar-refractivity contribution in [1.29, 1.82) is 0 Å². The molecule has 6 heteroatoms. The van der Waals surface area contributed by atoms with Crippen LogP contribution in [0.15, 0.2) is 84.0 Å². The van der Waals surface area contributed by atoms with Crippen LogP contribution in [0.2, 0.25) is 0 Å². The van der Waals surface area contributed by atoms with E-state index in [2.05, 4.69) is 4.98 Å². The zero-order valence-electron chi connectivity index (χ0n) is 14.4. The molecule has 2 aromatic heterocycles. The van der Waals surface area contributed by atoms with Crippen LogP contribution in [0.4, 0.5) is 4.39 Å². The number of benzene rings is 2. The molecule has 0 saturated heterocycles. The largest absolute Gasteiger partial charge is 0.268 e. The van der Waals surface area contributed by atoms with E-state index in [9.17, 15) is 12.8 Å². The third-order valence-corrected chi connectivity index (χ3v) is 6.20. The number of pyridine rings is 1. The van der Waals surface area contributed by atoms with Crippen molar-refractivity contribution < 1.29 is 12.8 Å². The molecule has 0 aliphatic rings. The molecule has 136 valence electrons. The fourth-order valence-corrected chi connectivity index (χ4v) is 4.54. The van der Waals surface area contributed by atoms with Crippen molar-refractivity contribution in [3.05, 3.63) is 96.2 Å². The third kappa shape index (κ3) is 3.36. The molecule has 0 atom stereocenters. The number of para-hydroxylation sites is 1. The molecule has 0 radical (unpaired) electrons. The summed E-state index contributed by atoms with van der Waals surface area (Å²) in [6.45, 7) is 0. The van der Waals surface area contributed by atoms with Gasteiger partial charge in [-0.1, -0.05) is 24.3 Å². The first-order chi connectivity index (χ1) is 13.1. The molecule has 27 heavy (non-hydrogen) atoms. The van der Waals surface area contributed by atoms with Crippen molar-refractivity contribution in [3.8, 4) is 0 Å². The van der Waals surface area contributed by atoms with Crippen LogP contribution in [0.5, 0.6) is 0 Å². The van der Waals surface area contributed by atoms with E-state index in [0.29, 0.717) is 18.4 Å². The fourth-order valence-electron chi connectivity index (χ4n) is 3.14. The van der Waals surface area contributed by atoms with Gasteiger partial charge in [-0.2, -0.15) is 0 Å². The summed E-state index contributed by atoms with van der Waals surface area (Å²) in [5, 5.41) is 0.888. The number of hydrogen-bond donors (Lipinski definition) is 0. The Kier molecular flexibility index (Phi) is 4.49. The van der Waals surface area contributed by atoms with E-state index in [1.54, 1.807) is 18.5 Å². The number of aryl methyl sites for hydroxylation is 2. The quantitative estimate of drug-likeness (QED) is 0.521.